The number of pyridine rings is 1. The zero-order valence-corrected chi connectivity index (χ0v) is 10.5. The Morgan fingerprint density at radius 3 is 2.94 bits per heavy atom. The molecule has 5 heteroatoms. The van der Waals surface area contributed by atoms with Crippen LogP contribution in [0.3, 0.4) is 0 Å². The van der Waals surface area contributed by atoms with Gasteiger partial charge in [0.05, 0.1) is 10.9 Å². The first-order valence-corrected chi connectivity index (χ1v) is 6.34. The Kier molecular flexibility index (Phi) is 3.06. The molecule has 5 nitrogen and oxygen atoms in total. The van der Waals surface area contributed by atoms with Crippen molar-refractivity contribution in [3.05, 3.63) is 24.8 Å². The fraction of sp³-hybridized carbons (Fsp3) is 0.462. The third kappa shape index (κ3) is 2.01. The highest BCUT2D eigenvalue weighted by molar-refractivity contribution is 5.88. The highest BCUT2D eigenvalue weighted by atomic mass is 15.2. The summed E-state index contributed by atoms with van der Waals surface area (Å²) in [5.74, 6) is 0.986. The first kappa shape index (κ1) is 11.3. The summed E-state index contributed by atoms with van der Waals surface area (Å²) < 4.78 is 0. The third-order valence-corrected chi connectivity index (χ3v) is 3.61. The molecule has 1 aliphatic rings. The quantitative estimate of drug-likeness (QED) is 0.859. The molecule has 1 saturated heterocycles. The van der Waals surface area contributed by atoms with Gasteiger partial charge in [0.15, 0.2) is 0 Å². The topological polar surface area (TPSA) is 53.9 Å². The summed E-state index contributed by atoms with van der Waals surface area (Å²) in [7, 11) is 2.12. The number of rotatable bonds is 2. The molecule has 0 unspecified atom stereocenters. The van der Waals surface area contributed by atoms with Gasteiger partial charge in [-0.15, -0.1) is 0 Å². The van der Waals surface area contributed by atoms with Crippen LogP contribution >= 0.6 is 0 Å². The molecule has 94 valence electrons. The molecule has 3 heterocycles. The Hall–Kier alpha value is -1.75. The minimum Gasteiger partial charge on any atom is -0.356 e. The van der Waals surface area contributed by atoms with Gasteiger partial charge in [-0.2, -0.15) is 0 Å². The molecule has 3 rings (SSSR count). The van der Waals surface area contributed by atoms with Crippen LogP contribution in [0.1, 0.15) is 12.8 Å². The standard InChI is InChI=1S/C13H17N5/c1-18(10-2-5-14-6-3-10)13-11-8-15-7-4-12(11)16-9-17-13/h4,7-10,14H,2-3,5-6H2,1H3. The molecular formula is C13H17N5. The summed E-state index contributed by atoms with van der Waals surface area (Å²) in [6, 6.07) is 2.47. The van der Waals surface area contributed by atoms with E-state index in [1.54, 1.807) is 12.5 Å². The largest absolute Gasteiger partial charge is 0.356 e. The van der Waals surface area contributed by atoms with Crippen LogP contribution in [0.4, 0.5) is 5.82 Å². The van der Waals surface area contributed by atoms with Crippen molar-refractivity contribution in [1.82, 2.24) is 20.3 Å². The van der Waals surface area contributed by atoms with Gasteiger partial charge in [0.1, 0.15) is 12.1 Å². The van der Waals surface area contributed by atoms with Crippen molar-refractivity contribution in [3.8, 4) is 0 Å². The smallest absolute Gasteiger partial charge is 0.141 e. The van der Waals surface area contributed by atoms with Gasteiger partial charge in [-0.25, -0.2) is 9.97 Å². The van der Waals surface area contributed by atoms with E-state index in [4.69, 9.17) is 0 Å². The lowest BCUT2D eigenvalue weighted by Crippen LogP contribution is -2.41. The average molecular weight is 243 g/mol. The number of nitrogens with one attached hydrogen (secondary N) is 1. The number of hydrogen-bond acceptors (Lipinski definition) is 5. The SMILES string of the molecule is CN(c1ncnc2ccncc12)C1CCNCC1. The van der Waals surface area contributed by atoms with Gasteiger partial charge in [0, 0.05) is 25.5 Å². The normalized spacial score (nSPS) is 16.9. The van der Waals surface area contributed by atoms with E-state index in [1.165, 1.54) is 0 Å². The maximum absolute atomic E-state index is 4.44. The molecule has 0 amide bonds. The van der Waals surface area contributed by atoms with Crippen LogP contribution in [0, 0.1) is 0 Å². The van der Waals surface area contributed by atoms with Crippen molar-refractivity contribution in [2.45, 2.75) is 18.9 Å². The molecule has 2 aromatic heterocycles. The summed E-state index contributed by atoms with van der Waals surface area (Å²) >= 11 is 0. The average Bonchev–Trinajstić information content (AvgIpc) is 2.47. The van der Waals surface area contributed by atoms with Crippen LogP contribution in [0.5, 0.6) is 0 Å². The van der Waals surface area contributed by atoms with E-state index in [2.05, 4.69) is 32.2 Å². The summed E-state index contributed by atoms with van der Waals surface area (Å²) in [5, 5.41) is 4.42. The second kappa shape index (κ2) is 4.86. The lowest BCUT2D eigenvalue weighted by molar-refractivity contribution is 0.442. The van der Waals surface area contributed by atoms with Gasteiger partial charge in [-0.1, -0.05) is 0 Å². The van der Waals surface area contributed by atoms with Crippen molar-refractivity contribution < 1.29 is 0 Å². The van der Waals surface area contributed by atoms with Crippen LogP contribution in [0.2, 0.25) is 0 Å². The maximum atomic E-state index is 4.44. The fourth-order valence-electron chi connectivity index (χ4n) is 2.54. The molecule has 0 bridgehead atoms. The van der Waals surface area contributed by atoms with Gasteiger partial charge >= 0.3 is 0 Å². The van der Waals surface area contributed by atoms with Gasteiger partial charge in [-0.05, 0) is 32.0 Å². The van der Waals surface area contributed by atoms with E-state index < -0.39 is 0 Å². The second-order valence-corrected chi connectivity index (χ2v) is 4.68. The molecule has 1 N–H and O–H groups in total. The number of anilines is 1. The Labute approximate surface area is 106 Å². The van der Waals surface area contributed by atoms with Crippen LogP contribution in [-0.2, 0) is 0 Å². The minimum atomic E-state index is 0.546. The maximum Gasteiger partial charge on any atom is 0.141 e. The monoisotopic (exact) mass is 243 g/mol. The zero-order chi connectivity index (χ0) is 12.4. The lowest BCUT2D eigenvalue weighted by atomic mass is 10.1. The zero-order valence-electron chi connectivity index (χ0n) is 10.5. The molecule has 0 atom stereocenters. The number of nitrogens with zero attached hydrogens (tertiary/aromatic N) is 4. The van der Waals surface area contributed by atoms with Crippen LogP contribution in [-0.4, -0.2) is 41.1 Å². The summed E-state index contributed by atoms with van der Waals surface area (Å²) in [6.45, 7) is 2.16. The Bertz CT molecular complexity index is 530. The van der Waals surface area contributed by atoms with E-state index in [-0.39, 0.29) is 0 Å². The Morgan fingerprint density at radius 1 is 1.28 bits per heavy atom. The van der Waals surface area contributed by atoms with Crippen molar-refractivity contribution in [2.75, 3.05) is 25.0 Å². The van der Waals surface area contributed by atoms with E-state index >= 15 is 0 Å². The first-order chi connectivity index (χ1) is 8.86. The molecule has 0 saturated carbocycles. The number of fused-ring (bicyclic) bond motifs is 1. The highest BCUT2D eigenvalue weighted by Gasteiger charge is 2.20. The Morgan fingerprint density at radius 2 is 2.11 bits per heavy atom. The number of hydrogen-bond donors (Lipinski definition) is 1. The molecule has 2 aromatic rings. The van der Waals surface area contributed by atoms with Gasteiger partial charge < -0.3 is 10.2 Å². The van der Waals surface area contributed by atoms with Crippen LogP contribution < -0.4 is 10.2 Å². The van der Waals surface area contributed by atoms with E-state index in [9.17, 15) is 0 Å². The van der Waals surface area contributed by atoms with Gasteiger partial charge in [0.2, 0.25) is 0 Å². The third-order valence-electron chi connectivity index (χ3n) is 3.61. The van der Waals surface area contributed by atoms with Crippen molar-refractivity contribution >= 4 is 16.7 Å². The molecule has 1 fully saturated rings. The number of aromatic nitrogens is 3. The minimum absolute atomic E-state index is 0.546. The summed E-state index contributed by atoms with van der Waals surface area (Å²) in [6.07, 6.45) is 7.56. The predicted molar refractivity (Wildman–Crippen MR) is 71.6 cm³/mol. The number of piperidine rings is 1. The predicted octanol–water partition coefficient (Wildman–Crippen LogP) is 1.21. The van der Waals surface area contributed by atoms with E-state index in [0.717, 1.165) is 42.7 Å². The Balaban J connectivity index is 1.97. The molecule has 0 spiro atoms. The van der Waals surface area contributed by atoms with Crippen molar-refractivity contribution in [1.29, 1.82) is 0 Å². The first-order valence-electron chi connectivity index (χ1n) is 6.34. The summed E-state index contributed by atoms with van der Waals surface area (Å²) in [4.78, 5) is 15.2. The molecule has 1 aliphatic heterocycles. The van der Waals surface area contributed by atoms with E-state index in [0.29, 0.717) is 6.04 Å². The molecular weight excluding hydrogens is 226 g/mol. The fourth-order valence-corrected chi connectivity index (χ4v) is 2.54. The van der Waals surface area contributed by atoms with Crippen molar-refractivity contribution in [2.24, 2.45) is 0 Å². The van der Waals surface area contributed by atoms with Gasteiger partial charge in [0.25, 0.3) is 0 Å². The molecule has 18 heavy (non-hydrogen) atoms. The van der Waals surface area contributed by atoms with Gasteiger partial charge in [-0.3, -0.25) is 4.98 Å². The van der Waals surface area contributed by atoms with Crippen LogP contribution in [0.15, 0.2) is 24.8 Å². The second-order valence-electron chi connectivity index (χ2n) is 4.68. The molecule has 0 aliphatic carbocycles. The van der Waals surface area contributed by atoms with E-state index in [1.807, 2.05) is 12.3 Å². The summed E-state index contributed by atoms with van der Waals surface area (Å²) in [5.41, 5.74) is 0.954. The highest BCUT2D eigenvalue weighted by Crippen LogP contribution is 2.24. The van der Waals surface area contributed by atoms with Crippen molar-refractivity contribution in [3.63, 3.8) is 0 Å². The lowest BCUT2D eigenvalue weighted by Gasteiger charge is -2.32. The molecule has 0 aromatic carbocycles. The molecule has 0 radical (unpaired) electrons. The van der Waals surface area contributed by atoms with Crippen LogP contribution in [0.25, 0.3) is 10.9 Å².